The van der Waals surface area contributed by atoms with Gasteiger partial charge in [-0.1, -0.05) is 13.3 Å². The third kappa shape index (κ3) is 1.82. The highest BCUT2D eigenvalue weighted by Crippen LogP contribution is 2.43. The summed E-state index contributed by atoms with van der Waals surface area (Å²) in [4.78, 5) is 4.08. The number of nitrogens with one attached hydrogen (secondary N) is 1. The molecule has 2 rings (SSSR count). The van der Waals surface area contributed by atoms with Crippen molar-refractivity contribution in [2.24, 2.45) is 5.41 Å². The quantitative estimate of drug-likeness (QED) is 0.802. The van der Waals surface area contributed by atoms with E-state index >= 15 is 0 Å². The molecule has 1 aliphatic rings. The van der Waals surface area contributed by atoms with Crippen LogP contribution in [-0.2, 0) is 0 Å². The smallest absolute Gasteiger partial charge is 0.233 e. The van der Waals surface area contributed by atoms with Crippen molar-refractivity contribution in [2.45, 2.75) is 32.6 Å². The van der Waals surface area contributed by atoms with E-state index in [2.05, 4.69) is 21.6 Å². The van der Waals surface area contributed by atoms with Crippen LogP contribution in [0, 0.1) is 5.41 Å². The Balaban J connectivity index is 1.87. The van der Waals surface area contributed by atoms with Crippen LogP contribution in [0.2, 0.25) is 0 Å². The number of hydrogen-bond acceptors (Lipinski definition) is 5. The first-order valence-electron chi connectivity index (χ1n) is 5.07. The van der Waals surface area contributed by atoms with Crippen LogP contribution in [0.4, 0.5) is 11.1 Å². The molecule has 1 heterocycles. The summed E-state index contributed by atoms with van der Waals surface area (Å²) in [6.07, 6.45) is 5.29. The molecule has 0 aromatic carbocycles. The van der Waals surface area contributed by atoms with Crippen molar-refractivity contribution in [1.82, 2.24) is 9.36 Å². The van der Waals surface area contributed by atoms with Gasteiger partial charge < -0.3 is 11.1 Å². The van der Waals surface area contributed by atoms with Crippen molar-refractivity contribution in [3.8, 4) is 0 Å². The maximum Gasteiger partial charge on any atom is 0.233 e. The van der Waals surface area contributed by atoms with Crippen molar-refractivity contribution in [1.29, 1.82) is 0 Å². The van der Waals surface area contributed by atoms with Gasteiger partial charge in [-0.2, -0.15) is 9.36 Å². The Labute approximate surface area is 88.1 Å². The van der Waals surface area contributed by atoms with Gasteiger partial charge in [-0.25, -0.2) is 0 Å². The Kier molecular flexibility index (Phi) is 2.58. The van der Waals surface area contributed by atoms with Gasteiger partial charge in [-0.05, 0) is 24.7 Å². The van der Waals surface area contributed by atoms with Crippen LogP contribution in [0.25, 0.3) is 0 Å². The van der Waals surface area contributed by atoms with Crippen LogP contribution in [0.15, 0.2) is 0 Å². The van der Waals surface area contributed by atoms with Gasteiger partial charge >= 0.3 is 0 Å². The fourth-order valence-electron chi connectivity index (χ4n) is 1.90. The molecule has 0 spiro atoms. The van der Waals surface area contributed by atoms with Gasteiger partial charge in [0, 0.05) is 18.1 Å². The Bertz CT molecular complexity index is 300. The zero-order chi connectivity index (χ0) is 10.0. The van der Waals surface area contributed by atoms with E-state index in [0.29, 0.717) is 11.4 Å². The number of nitrogen functional groups attached to an aromatic ring is 1. The minimum Gasteiger partial charge on any atom is -0.367 e. The lowest BCUT2D eigenvalue weighted by Crippen LogP contribution is -2.35. The molecule has 3 N–H and O–H groups in total. The van der Waals surface area contributed by atoms with Gasteiger partial charge in [0.2, 0.25) is 11.1 Å². The van der Waals surface area contributed by atoms with Crippen molar-refractivity contribution in [2.75, 3.05) is 17.6 Å². The molecule has 0 atom stereocenters. The maximum absolute atomic E-state index is 5.45. The third-order valence-electron chi connectivity index (χ3n) is 3.22. The molecule has 1 fully saturated rings. The van der Waals surface area contributed by atoms with E-state index in [4.69, 9.17) is 5.73 Å². The summed E-state index contributed by atoms with van der Waals surface area (Å²) < 4.78 is 3.93. The molecule has 5 heteroatoms. The lowest BCUT2D eigenvalue weighted by Gasteiger charge is -2.41. The molecule has 1 aromatic rings. The summed E-state index contributed by atoms with van der Waals surface area (Å²) in [7, 11) is 0. The first-order valence-corrected chi connectivity index (χ1v) is 5.84. The average molecular weight is 212 g/mol. The largest absolute Gasteiger partial charge is 0.367 e. The van der Waals surface area contributed by atoms with E-state index in [9.17, 15) is 0 Å². The Hall–Kier alpha value is -0.840. The molecule has 1 aliphatic carbocycles. The predicted octanol–water partition coefficient (Wildman–Crippen LogP) is 2.11. The molecule has 4 nitrogen and oxygen atoms in total. The van der Waals surface area contributed by atoms with Crippen molar-refractivity contribution in [3.63, 3.8) is 0 Å². The van der Waals surface area contributed by atoms with Gasteiger partial charge in [0.05, 0.1) is 0 Å². The van der Waals surface area contributed by atoms with E-state index in [1.165, 1.54) is 37.2 Å². The van der Waals surface area contributed by atoms with E-state index in [1.54, 1.807) is 0 Å². The summed E-state index contributed by atoms with van der Waals surface area (Å²) in [6.45, 7) is 3.27. The van der Waals surface area contributed by atoms with E-state index in [1.807, 2.05) is 0 Å². The summed E-state index contributed by atoms with van der Waals surface area (Å²) in [5.41, 5.74) is 5.96. The van der Waals surface area contributed by atoms with Gasteiger partial charge in [0.15, 0.2) is 0 Å². The molecule has 1 saturated carbocycles. The third-order valence-corrected chi connectivity index (χ3v) is 3.91. The van der Waals surface area contributed by atoms with E-state index < -0.39 is 0 Å². The highest BCUT2D eigenvalue weighted by atomic mass is 32.1. The van der Waals surface area contributed by atoms with Crippen molar-refractivity contribution < 1.29 is 0 Å². The molecule has 0 bridgehead atoms. The second-order valence-electron chi connectivity index (χ2n) is 4.02. The normalized spacial score (nSPS) is 18.9. The molecule has 14 heavy (non-hydrogen) atoms. The van der Waals surface area contributed by atoms with Crippen molar-refractivity contribution in [3.05, 3.63) is 0 Å². The predicted molar refractivity (Wildman–Crippen MR) is 59.4 cm³/mol. The first kappa shape index (κ1) is 9.71. The van der Waals surface area contributed by atoms with Gasteiger partial charge in [0.1, 0.15) is 0 Å². The minimum atomic E-state index is 0.372. The van der Waals surface area contributed by atoms with E-state index in [-0.39, 0.29) is 0 Å². The molecule has 0 amide bonds. The summed E-state index contributed by atoms with van der Waals surface area (Å²) in [5.74, 6) is 0.372. The fourth-order valence-corrected chi connectivity index (χ4v) is 2.39. The molecule has 78 valence electrons. The van der Waals surface area contributed by atoms with Crippen LogP contribution in [0.3, 0.4) is 0 Å². The summed E-state index contributed by atoms with van der Waals surface area (Å²) in [6, 6.07) is 0. The number of nitrogens with zero attached hydrogens (tertiary/aromatic N) is 2. The number of nitrogens with two attached hydrogens (primary N) is 1. The molecular weight excluding hydrogens is 196 g/mol. The number of anilines is 2. The Morgan fingerprint density at radius 3 is 2.79 bits per heavy atom. The first-order chi connectivity index (χ1) is 6.74. The molecule has 0 aliphatic heterocycles. The van der Waals surface area contributed by atoms with Crippen LogP contribution in [0.5, 0.6) is 0 Å². The Morgan fingerprint density at radius 2 is 2.36 bits per heavy atom. The lowest BCUT2D eigenvalue weighted by atomic mass is 9.67. The topological polar surface area (TPSA) is 63.8 Å². The number of rotatable bonds is 4. The second kappa shape index (κ2) is 3.73. The zero-order valence-electron chi connectivity index (χ0n) is 8.42. The zero-order valence-corrected chi connectivity index (χ0v) is 9.23. The molecular formula is C9H16N4S. The van der Waals surface area contributed by atoms with E-state index in [0.717, 1.165) is 11.7 Å². The minimum absolute atomic E-state index is 0.372. The average Bonchev–Trinajstić information content (AvgIpc) is 2.50. The summed E-state index contributed by atoms with van der Waals surface area (Å²) in [5, 5.41) is 4.17. The van der Waals surface area contributed by atoms with Gasteiger partial charge in [-0.15, -0.1) is 0 Å². The molecule has 0 unspecified atom stereocenters. The molecule has 1 aromatic heterocycles. The lowest BCUT2D eigenvalue weighted by molar-refractivity contribution is 0.145. The Morgan fingerprint density at radius 1 is 1.57 bits per heavy atom. The van der Waals surface area contributed by atoms with Gasteiger partial charge in [-0.3, -0.25) is 0 Å². The SMILES string of the molecule is CCC1(CNc2nc(N)ns2)CCC1. The summed E-state index contributed by atoms with van der Waals surface area (Å²) >= 11 is 1.34. The van der Waals surface area contributed by atoms with Gasteiger partial charge in [0.25, 0.3) is 0 Å². The molecule has 0 radical (unpaired) electrons. The van der Waals surface area contributed by atoms with Crippen molar-refractivity contribution >= 4 is 22.6 Å². The standard InChI is InChI=1S/C9H16N4S/c1-2-9(4-3-5-9)6-11-8-12-7(10)13-14-8/h2-6H2,1H3,(H3,10,11,12,13). The monoisotopic (exact) mass is 212 g/mol. The maximum atomic E-state index is 5.45. The van der Waals surface area contributed by atoms with Crippen LogP contribution in [-0.4, -0.2) is 15.9 Å². The second-order valence-corrected chi connectivity index (χ2v) is 4.77. The highest BCUT2D eigenvalue weighted by Gasteiger charge is 2.34. The fraction of sp³-hybridized carbons (Fsp3) is 0.778. The van der Waals surface area contributed by atoms with Crippen LogP contribution < -0.4 is 11.1 Å². The number of aromatic nitrogens is 2. The molecule has 0 saturated heterocycles. The number of hydrogen-bond donors (Lipinski definition) is 2. The van der Waals surface area contributed by atoms with Crippen LogP contribution in [0.1, 0.15) is 32.6 Å². The van der Waals surface area contributed by atoms with Crippen LogP contribution >= 0.6 is 11.5 Å². The highest BCUT2D eigenvalue weighted by molar-refractivity contribution is 7.09.